The number of phenols is 1. The molecule has 0 saturated carbocycles. The van der Waals surface area contributed by atoms with E-state index < -0.39 is 17.6 Å². The average Bonchev–Trinajstić information content (AvgIpc) is 2.46. The highest BCUT2D eigenvalue weighted by Crippen LogP contribution is 2.22. The molecule has 0 aromatic heterocycles. The summed E-state index contributed by atoms with van der Waals surface area (Å²) in [6.07, 6.45) is 0. The number of carbonyl (C=O) groups excluding carboxylic acids is 1. The fraction of sp³-hybridized carbons (Fsp3) is 0.0667. The lowest BCUT2D eigenvalue weighted by Gasteiger charge is -2.08. The van der Waals surface area contributed by atoms with Crippen LogP contribution >= 0.6 is 11.6 Å². The average molecular weight is 322 g/mol. The van der Waals surface area contributed by atoms with Gasteiger partial charge >= 0.3 is 5.97 Å². The van der Waals surface area contributed by atoms with E-state index in [1.807, 2.05) is 0 Å². The van der Waals surface area contributed by atoms with Gasteiger partial charge in [-0.2, -0.15) is 0 Å². The molecule has 7 heteroatoms. The molecule has 0 spiro atoms. The SMILES string of the molecule is O=C(COc1ccc(Cl)cc1)Nc1ccc(C(=O)O)c(O)c1. The zero-order valence-electron chi connectivity index (χ0n) is 11.2. The van der Waals surface area contributed by atoms with E-state index in [1.54, 1.807) is 24.3 Å². The van der Waals surface area contributed by atoms with Crippen LogP contribution in [0, 0.1) is 0 Å². The molecule has 0 aliphatic rings. The van der Waals surface area contributed by atoms with E-state index in [9.17, 15) is 14.7 Å². The summed E-state index contributed by atoms with van der Waals surface area (Å²) in [5.74, 6) is -1.63. The summed E-state index contributed by atoms with van der Waals surface area (Å²) in [4.78, 5) is 22.5. The second-order valence-electron chi connectivity index (χ2n) is 4.33. The lowest BCUT2D eigenvalue weighted by Crippen LogP contribution is -2.20. The van der Waals surface area contributed by atoms with E-state index >= 15 is 0 Å². The van der Waals surface area contributed by atoms with E-state index in [0.717, 1.165) is 6.07 Å². The van der Waals surface area contributed by atoms with Crippen LogP contribution < -0.4 is 10.1 Å². The maximum atomic E-state index is 11.7. The monoisotopic (exact) mass is 321 g/mol. The number of carboxylic acids is 1. The maximum Gasteiger partial charge on any atom is 0.339 e. The van der Waals surface area contributed by atoms with Crippen LogP contribution in [-0.2, 0) is 4.79 Å². The van der Waals surface area contributed by atoms with Gasteiger partial charge in [0.2, 0.25) is 0 Å². The van der Waals surface area contributed by atoms with Crippen molar-refractivity contribution in [3.63, 3.8) is 0 Å². The normalized spacial score (nSPS) is 10.0. The molecule has 114 valence electrons. The number of hydrogen-bond acceptors (Lipinski definition) is 4. The Morgan fingerprint density at radius 2 is 1.82 bits per heavy atom. The molecule has 2 rings (SSSR count). The van der Waals surface area contributed by atoms with Crippen molar-refractivity contribution in [3.8, 4) is 11.5 Å². The zero-order chi connectivity index (χ0) is 16.1. The van der Waals surface area contributed by atoms with Crippen molar-refractivity contribution in [3.05, 3.63) is 53.1 Å². The Hall–Kier alpha value is -2.73. The number of benzene rings is 2. The summed E-state index contributed by atoms with van der Waals surface area (Å²) in [6, 6.07) is 10.3. The number of rotatable bonds is 5. The van der Waals surface area contributed by atoms with Crippen LogP contribution in [-0.4, -0.2) is 28.7 Å². The summed E-state index contributed by atoms with van der Waals surface area (Å²) in [5.41, 5.74) is 0.0302. The number of carbonyl (C=O) groups is 2. The van der Waals surface area contributed by atoms with E-state index in [0.29, 0.717) is 10.8 Å². The van der Waals surface area contributed by atoms with Crippen LogP contribution in [0.5, 0.6) is 11.5 Å². The number of nitrogens with one attached hydrogen (secondary N) is 1. The largest absolute Gasteiger partial charge is 0.507 e. The number of aromatic carboxylic acids is 1. The Morgan fingerprint density at radius 1 is 1.14 bits per heavy atom. The molecule has 1 amide bonds. The van der Waals surface area contributed by atoms with Crippen LogP contribution in [0.1, 0.15) is 10.4 Å². The third-order valence-corrected chi connectivity index (χ3v) is 2.95. The highest BCUT2D eigenvalue weighted by atomic mass is 35.5. The Balaban J connectivity index is 1.93. The van der Waals surface area contributed by atoms with Crippen LogP contribution in [0.3, 0.4) is 0 Å². The number of amides is 1. The third kappa shape index (κ3) is 4.13. The summed E-state index contributed by atoms with van der Waals surface area (Å²) in [7, 11) is 0. The molecule has 3 N–H and O–H groups in total. The van der Waals surface area contributed by atoms with Crippen molar-refractivity contribution < 1.29 is 24.5 Å². The predicted molar refractivity (Wildman–Crippen MR) is 80.6 cm³/mol. The molecule has 22 heavy (non-hydrogen) atoms. The fourth-order valence-electron chi connectivity index (χ4n) is 1.67. The quantitative estimate of drug-likeness (QED) is 0.787. The number of halogens is 1. The molecule has 2 aromatic carbocycles. The van der Waals surface area contributed by atoms with Gasteiger partial charge in [-0.3, -0.25) is 4.79 Å². The van der Waals surface area contributed by atoms with Crippen molar-refractivity contribution in [2.45, 2.75) is 0 Å². The molecule has 2 aromatic rings. The van der Waals surface area contributed by atoms with Gasteiger partial charge in [-0.25, -0.2) is 4.79 Å². The van der Waals surface area contributed by atoms with E-state index in [2.05, 4.69) is 5.32 Å². The first-order valence-electron chi connectivity index (χ1n) is 6.20. The number of hydrogen-bond donors (Lipinski definition) is 3. The first-order valence-corrected chi connectivity index (χ1v) is 6.58. The first kappa shape index (κ1) is 15.7. The van der Waals surface area contributed by atoms with Gasteiger partial charge < -0.3 is 20.3 Å². The summed E-state index contributed by atoms with van der Waals surface area (Å²) in [6.45, 7) is -0.233. The molecule has 0 radical (unpaired) electrons. The highest BCUT2D eigenvalue weighted by Gasteiger charge is 2.11. The van der Waals surface area contributed by atoms with Crippen LogP contribution in [0.2, 0.25) is 5.02 Å². The van der Waals surface area contributed by atoms with Crippen LogP contribution in [0.15, 0.2) is 42.5 Å². The molecule has 0 heterocycles. The molecule has 6 nitrogen and oxygen atoms in total. The van der Waals surface area contributed by atoms with Crippen molar-refractivity contribution in [1.29, 1.82) is 0 Å². The molecule has 0 saturated heterocycles. The third-order valence-electron chi connectivity index (χ3n) is 2.70. The zero-order valence-corrected chi connectivity index (χ0v) is 12.0. The lowest BCUT2D eigenvalue weighted by atomic mass is 10.2. The minimum absolute atomic E-state index is 0.233. The summed E-state index contributed by atoms with van der Waals surface area (Å²) >= 11 is 5.73. The molecule has 0 aliphatic heterocycles. The molecule has 0 aliphatic carbocycles. The van der Waals surface area contributed by atoms with Crippen molar-refractivity contribution in [1.82, 2.24) is 0 Å². The number of aromatic hydroxyl groups is 1. The molecular formula is C15H12ClNO5. The van der Waals surface area contributed by atoms with Gasteiger partial charge in [-0.1, -0.05) is 11.6 Å². The van der Waals surface area contributed by atoms with Gasteiger partial charge in [0.05, 0.1) is 0 Å². The van der Waals surface area contributed by atoms with Gasteiger partial charge in [0.1, 0.15) is 17.1 Å². The number of carboxylic acid groups (broad SMARTS) is 1. The minimum atomic E-state index is -1.25. The van der Waals surface area contributed by atoms with Gasteiger partial charge in [-0.15, -0.1) is 0 Å². The maximum absolute atomic E-state index is 11.7. The summed E-state index contributed by atoms with van der Waals surface area (Å²) < 4.78 is 5.26. The topological polar surface area (TPSA) is 95.9 Å². The van der Waals surface area contributed by atoms with Crippen molar-refractivity contribution >= 4 is 29.2 Å². The standard InChI is InChI=1S/C15H12ClNO5/c16-9-1-4-11(5-2-9)22-8-14(19)17-10-3-6-12(15(20)21)13(18)7-10/h1-7,18H,8H2,(H,17,19)(H,20,21). The lowest BCUT2D eigenvalue weighted by molar-refractivity contribution is -0.118. The Morgan fingerprint density at radius 3 is 2.41 bits per heavy atom. The second kappa shape index (κ2) is 6.82. The van der Waals surface area contributed by atoms with E-state index in [4.69, 9.17) is 21.4 Å². The number of ether oxygens (including phenoxy) is 1. The van der Waals surface area contributed by atoms with E-state index in [-0.39, 0.29) is 17.9 Å². The van der Waals surface area contributed by atoms with Gasteiger partial charge in [0, 0.05) is 16.8 Å². The number of anilines is 1. The Bertz CT molecular complexity index is 700. The molecule has 0 fully saturated rings. The molecular weight excluding hydrogens is 310 g/mol. The van der Waals surface area contributed by atoms with Gasteiger partial charge in [0.15, 0.2) is 6.61 Å². The molecule has 0 unspecified atom stereocenters. The highest BCUT2D eigenvalue weighted by molar-refractivity contribution is 6.30. The van der Waals surface area contributed by atoms with Gasteiger partial charge in [0.25, 0.3) is 5.91 Å². The van der Waals surface area contributed by atoms with Crippen molar-refractivity contribution in [2.75, 3.05) is 11.9 Å². The Kier molecular flexibility index (Phi) is 4.85. The minimum Gasteiger partial charge on any atom is -0.507 e. The predicted octanol–water partition coefficient (Wildman–Crippen LogP) is 2.76. The van der Waals surface area contributed by atoms with E-state index in [1.165, 1.54) is 12.1 Å². The van der Waals surface area contributed by atoms with Gasteiger partial charge in [-0.05, 0) is 36.4 Å². The Labute approximate surface area is 130 Å². The van der Waals surface area contributed by atoms with Crippen LogP contribution in [0.4, 0.5) is 5.69 Å². The molecule has 0 bridgehead atoms. The fourth-order valence-corrected chi connectivity index (χ4v) is 1.79. The molecule has 0 atom stereocenters. The van der Waals surface area contributed by atoms with Crippen molar-refractivity contribution in [2.24, 2.45) is 0 Å². The first-order chi connectivity index (χ1) is 10.5. The van der Waals surface area contributed by atoms with Crippen LogP contribution in [0.25, 0.3) is 0 Å². The summed E-state index contributed by atoms with van der Waals surface area (Å²) in [5, 5.41) is 21.4. The second-order valence-corrected chi connectivity index (χ2v) is 4.76. The smallest absolute Gasteiger partial charge is 0.339 e.